The Bertz CT molecular complexity index is 354. The van der Waals surface area contributed by atoms with Crippen LogP contribution >= 0.6 is 0 Å². The molecule has 0 radical (unpaired) electrons. The van der Waals surface area contributed by atoms with E-state index in [0.29, 0.717) is 5.69 Å². The molecule has 1 aromatic carbocycles. The number of benzene rings is 1. The molecule has 0 amide bonds. The summed E-state index contributed by atoms with van der Waals surface area (Å²) in [5.74, 6) is -1.06. The van der Waals surface area contributed by atoms with E-state index in [-0.39, 0.29) is 6.04 Å². The van der Waals surface area contributed by atoms with Gasteiger partial charge >= 0.3 is 0 Å². The molecule has 4 heteroatoms. The van der Waals surface area contributed by atoms with Crippen LogP contribution in [0.4, 0.5) is 14.5 Å². The van der Waals surface area contributed by atoms with E-state index in [9.17, 15) is 8.78 Å². The van der Waals surface area contributed by atoms with Crippen LogP contribution in [0, 0.1) is 11.6 Å². The Balaban J connectivity index is 2.04. The predicted molar refractivity (Wildman–Crippen MR) is 55.9 cm³/mol. The Morgan fingerprint density at radius 1 is 1.40 bits per heavy atom. The van der Waals surface area contributed by atoms with Crippen molar-refractivity contribution >= 4 is 5.69 Å². The molecule has 1 heterocycles. The second-order valence-electron chi connectivity index (χ2n) is 4.02. The van der Waals surface area contributed by atoms with Crippen molar-refractivity contribution in [2.45, 2.75) is 12.5 Å². The van der Waals surface area contributed by atoms with Gasteiger partial charge in [-0.25, -0.2) is 8.78 Å². The van der Waals surface area contributed by atoms with E-state index in [1.165, 1.54) is 12.1 Å². The molecule has 0 aliphatic carbocycles. The monoisotopic (exact) mass is 212 g/mol. The summed E-state index contributed by atoms with van der Waals surface area (Å²) in [7, 11) is 2.03. The zero-order valence-corrected chi connectivity index (χ0v) is 8.63. The maximum atomic E-state index is 13.3. The molecule has 1 unspecified atom stereocenters. The van der Waals surface area contributed by atoms with Gasteiger partial charge in [0.15, 0.2) is 0 Å². The van der Waals surface area contributed by atoms with E-state index in [1.807, 2.05) is 7.05 Å². The highest BCUT2D eigenvalue weighted by Crippen LogP contribution is 2.18. The summed E-state index contributed by atoms with van der Waals surface area (Å²) < 4.78 is 25.9. The number of anilines is 1. The number of hydrogen-bond acceptors (Lipinski definition) is 2. The minimum Gasteiger partial charge on any atom is -0.379 e. The molecule has 0 aromatic heterocycles. The Hall–Kier alpha value is -1.16. The maximum absolute atomic E-state index is 13.3. The molecular weight excluding hydrogens is 198 g/mol. The van der Waals surface area contributed by atoms with E-state index in [1.54, 1.807) is 0 Å². The molecule has 1 aliphatic rings. The third-order valence-corrected chi connectivity index (χ3v) is 2.68. The first-order chi connectivity index (χ1) is 7.15. The SMILES string of the molecule is CN1CCC(Nc2ccc(F)cc2F)C1. The summed E-state index contributed by atoms with van der Waals surface area (Å²) in [6.45, 7) is 1.91. The van der Waals surface area contributed by atoms with Crippen LogP contribution in [0.25, 0.3) is 0 Å². The number of hydrogen-bond donors (Lipinski definition) is 1. The lowest BCUT2D eigenvalue weighted by atomic mass is 10.2. The maximum Gasteiger partial charge on any atom is 0.149 e. The minimum absolute atomic E-state index is 0.259. The van der Waals surface area contributed by atoms with Crippen LogP contribution < -0.4 is 5.32 Å². The molecule has 15 heavy (non-hydrogen) atoms. The van der Waals surface area contributed by atoms with Crippen LogP contribution in [-0.2, 0) is 0 Å². The van der Waals surface area contributed by atoms with Crippen molar-refractivity contribution in [2.75, 3.05) is 25.5 Å². The van der Waals surface area contributed by atoms with Gasteiger partial charge in [-0.3, -0.25) is 0 Å². The third kappa shape index (κ3) is 2.45. The van der Waals surface area contributed by atoms with E-state index >= 15 is 0 Å². The fraction of sp³-hybridized carbons (Fsp3) is 0.455. The fourth-order valence-corrected chi connectivity index (χ4v) is 1.88. The zero-order valence-electron chi connectivity index (χ0n) is 8.63. The third-order valence-electron chi connectivity index (χ3n) is 2.68. The molecule has 2 rings (SSSR count). The van der Waals surface area contributed by atoms with Crippen molar-refractivity contribution in [2.24, 2.45) is 0 Å². The van der Waals surface area contributed by atoms with E-state index in [2.05, 4.69) is 10.2 Å². The normalized spacial score (nSPS) is 21.9. The van der Waals surface area contributed by atoms with Crippen molar-refractivity contribution in [1.29, 1.82) is 0 Å². The minimum atomic E-state index is -0.540. The van der Waals surface area contributed by atoms with Gasteiger partial charge in [0, 0.05) is 18.7 Å². The van der Waals surface area contributed by atoms with E-state index in [4.69, 9.17) is 0 Å². The van der Waals surface area contributed by atoms with Gasteiger partial charge in [-0.05, 0) is 32.1 Å². The molecule has 2 nitrogen and oxygen atoms in total. The van der Waals surface area contributed by atoms with E-state index in [0.717, 1.165) is 25.6 Å². The van der Waals surface area contributed by atoms with Crippen LogP contribution in [0.3, 0.4) is 0 Å². The Morgan fingerprint density at radius 3 is 2.80 bits per heavy atom. The van der Waals surface area contributed by atoms with Gasteiger partial charge in [0.25, 0.3) is 0 Å². The number of likely N-dealkylation sites (N-methyl/N-ethyl adjacent to an activating group) is 1. The fourth-order valence-electron chi connectivity index (χ4n) is 1.88. The Kier molecular flexibility index (Phi) is 2.86. The predicted octanol–water partition coefficient (Wildman–Crippen LogP) is 2.08. The summed E-state index contributed by atoms with van der Waals surface area (Å²) in [5, 5.41) is 3.08. The molecule has 1 aromatic rings. The quantitative estimate of drug-likeness (QED) is 0.807. The van der Waals surface area contributed by atoms with E-state index < -0.39 is 11.6 Å². The number of rotatable bonds is 2. The first kappa shape index (κ1) is 10.4. The van der Waals surface area contributed by atoms with Crippen LogP contribution in [-0.4, -0.2) is 31.1 Å². The number of likely N-dealkylation sites (tertiary alicyclic amines) is 1. The average molecular weight is 212 g/mol. The Morgan fingerprint density at radius 2 is 2.20 bits per heavy atom. The molecule has 0 spiro atoms. The topological polar surface area (TPSA) is 15.3 Å². The highest BCUT2D eigenvalue weighted by Gasteiger charge is 2.19. The summed E-state index contributed by atoms with van der Waals surface area (Å²) >= 11 is 0. The second-order valence-corrected chi connectivity index (χ2v) is 4.02. The highest BCUT2D eigenvalue weighted by atomic mass is 19.1. The molecule has 0 bridgehead atoms. The molecule has 1 N–H and O–H groups in total. The number of nitrogens with one attached hydrogen (secondary N) is 1. The first-order valence-corrected chi connectivity index (χ1v) is 5.05. The molecule has 1 atom stereocenters. The largest absolute Gasteiger partial charge is 0.379 e. The van der Waals surface area contributed by atoms with Gasteiger partial charge in [-0.2, -0.15) is 0 Å². The van der Waals surface area contributed by atoms with Gasteiger partial charge in [0.05, 0.1) is 5.69 Å². The number of halogens is 2. The molecular formula is C11H14F2N2. The average Bonchev–Trinajstić information content (AvgIpc) is 2.56. The van der Waals surface area contributed by atoms with Crippen molar-refractivity contribution in [3.05, 3.63) is 29.8 Å². The van der Waals surface area contributed by atoms with Crippen LogP contribution in [0.15, 0.2) is 18.2 Å². The van der Waals surface area contributed by atoms with Crippen molar-refractivity contribution in [3.8, 4) is 0 Å². The summed E-state index contributed by atoms with van der Waals surface area (Å²) in [5.41, 5.74) is 0.386. The molecule has 1 fully saturated rings. The standard InChI is InChI=1S/C11H14F2N2/c1-15-5-4-9(7-15)14-11-3-2-8(12)6-10(11)13/h2-3,6,9,14H,4-5,7H2,1H3. The smallest absolute Gasteiger partial charge is 0.149 e. The summed E-state index contributed by atoms with van der Waals surface area (Å²) in [6, 6.07) is 3.88. The lowest BCUT2D eigenvalue weighted by Crippen LogP contribution is -2.23. The van der Waals surface area contributed by atoms with Crippen LogP contribution in [0.5, 0.6) is 0 Å². The zero-order chi connectivity index (χ0) is 10.8. The van der Waals surface area contributed by atoms with Gasteiger partial charge in [0.1, 0.15) is 11.6 Å². The molecule has 82 valence electrons. The molecule has 1 saturated heterocycles. The van der Waals surface area contributed by atoms with Crippen molar-refractivity contribution in [1.82, 2.24) is 4.90 Å². The number of nitrogens with zero attached hydrogens (tertiary/aromatic N) is 1. The van der Waals surface area contributed by atoms with Crippen molar-refractivity contribution < 1.29 is 8.78 Å². The van der Waals surface area contributed by atoms with Gasteiger partial charge in [-0.15, -0.1) is 0 Å². The molecule has 1 aliphatic heterocycles. The van der Waals surface area contributed by atoms with Crippen molar-refractivity contribution in [3.63, 3.8) is 0 Å². The second kappa shape index (κ2) is 4.14. The lowest BCUT2D eigenvalue weighted by Gasteiger charge is -2.14. The first-order valence-electron chi connectivity index (χ1n) is 5.05. The van der Waals surface area contributed by atoms with Crippen LogP contribution in [0.1, 0.15) is 6.42 Å². The lowest BCUT2D eigenvalue weighted by molar-refractivity contribution is 0.414. The summed E-state index contributed by atoms with van der Waals surface area (Å²) in [4.78, 5) is 2.18. The highest BCUT2D eigenvalue weighted by molar-refractivity contribution is 5.45. The molecule has 0 saturated carbocycles. The van der Waals surface area contributed by atoms with Gasteiger partial charge in [-0.1, -0.05) is 0 Å². The summed E-state index contributed by atoms with van der Waals surface area (Å²) in [6.07, 6.45) is 0.993. The van der Waals surface area contributed by atoms with Crippen LogP contribution in [0.2, 0.25) is 0 Å². The van der Waals surface area contributed by atoms with Gasteiger partial charge in [0.2, 0.25) is 0 Å². The van der Waals surface area contributed by atoms with Gasteiger partial charge < -0.3 is 10.2 Å². The Labute approximate surface area is 87.9 Å².